The Hall–Kier alpha value is -3.88. The fourth-order valence-electron chi connectivity index (χ4n) is 1.78. The summed E-state index contributed by atoms with van der Waals surface area (Å²) in [6, 6.07) is 12.5. The number of hydrogen-bond acceptors (Lipinski definition) is 4. The van der Waals surface area contributed by atoms with E-state index in [0.29, 0.717) is 11.3 Å². The Labute approximate surface area is 143 Å². The third kappa shape index (κ3) is 6.02. The number of rotatable bonds is 4. The number of carbonyl (C=O) groups is 2. The lowest BCUT2D eigenvalue weighted by molar-refractivity contribution is 0.0696. The summed E-state index contributed by atoms with van der Waals surface area (Å²) in [7, 11) is 0. The van der Waals surface area contributed by atoms with Crippen LogP contribution in [0.1, 0.15) is 26.3 Å². The van der Waals surface area contributed by atoms with Gasteiger partial charge in [0.15, 0.2) is 5.96 Å². The summed E-state index contributed by atoms with van der Waals surface area (Å²) < 4.78 is 0. The van der Waals surface area contributed by atoms with Crippen LogP contribution in [0.25, 0.3) is 0 Å². The maximum atomic E-state index is 10.8. The molecule has 2 rings (SSSR count). The summed E-state index contributed by atoms with van der Waals surface area (Å²) >= 11 is 0. The van der Waals surface area contributed by atoms with Crippen molar-refractivity contribution >= 4 is 29.4 Å². The number of anilines is 1. The minimum Gasteiger partial charge on any atom is -0.478 e. The van der Waals surface area contributed by atoms with E-state index < -0.39 is 11.9 Å². The van der Waals surface area contributed by atoms with E-state index in [9.17, 15) is 9.59 Å². The van der Waals surface area contributed by atoms with E-state index in [0.717, 1.165) is 0 Å². The van der Waals surface area contributed by atoms with Crippen LogP contribution in [0.15, 0.2) is 48.5 Å². The summed E-state index contributed by atoms with van der Waals surface area (Å²) in [6.07, 6.45) is 0. The molecule has 1 amide bonds. The van der Waals surface area contributed by atoms with Gasteiger partial charge in [-0.15, -0.1) is 0 Å². The van der Waals surface area contributed by atoms with E-state index in [2.05, 4.69) is 5.32 Å². The zero-order valence-corrected chi connectivity index (χ0v) is 13.1. The molecular formula is C16H18N6O3. The average Bonchev–Trinajstić information content (AvgIpc) is 2.55. The number of nitrogens with one attached hydrogen (secondary N) is 3. The summed E-state index contributed by atoms with van der Waals surface area (Å²) in [6.45, 7) is 0. The second-order valence-electron chi connectivity index (χ2n) is 4.74. The van der Waals surface area contributed by atoms with Gasteiger partial charge in [0, 0.05) is 16.8 Å². The minimum absolute atomic E-state index is 0.149. The van der Waals surface area contributed by atoms with Crippen molar-refractivity contribution in [2.75, 3.05) is 5.32 Å². The van der Waals surface area contributed by atoms with Crippen molar-refractivity contribution in [2.24, 2.45) is 17.2 Å². The van der Waals surface area contributed by atoms with Crippen molar-refractivity contribution in [3.8, 4) is 0 Å². The molecule has 9 heteroatoms. The van der Waals surface area contributed by atoms with Crippen molar-refractivity contribution in [3.05, 3.63) is 65.2 Å². The van der Waals surface area contributed by atoms with Crippen molar-refractivity contribution in [1.82, 2.24) is 0 Å². The zero-order chi connectivity index (χ0) is 19.0. The predicted molar refractivity (Wildman–Crippen MR) is 94.9 cm³/mol. The smallest absolute Gasteiger partial charge is 0.335 e. The van der Waals surface area contributed by atoms with Gasteiger partial charge in [0.25, 0.3) is 0 Å². The average molecular weight is 342 g/mol. The molecule has 9 nitrogen and oxygen atoms in total. The molecular weight excluding hydrogens is 324 g/mol. The highest BCUT2D eigenvalue weighted by Crippen LogP contribution is 2.08. The SMILES string of the molecule is N=C(N)Nc1ccc(C(=O)O)cc1.N=C(N)c1ccccc1C(N)=O. The van der Waals surface area contributed by atoms with Crippen LogP contribution in [0.2, 0.25) is 0 Å². The molecule has 0 heterocycles. The highest BCUT2D eigenvalue weighted by atomic mass is 16.4. The number of nitrogens with two attached hydrogens (primary N) is 3. The largest absolute Gasteiger partial charge is 0.478 e. The van der Waals surface area contributed by atoms with E-state index in [1.807, 2.05) is 0 Å². The predicted octanol–water partition coefficient (Wildman–Crippen LogP) is 0.760. The molecule has 0 saturated heterocycles. The van der Waals surface area contributed by atoms with Crippen LogP contribution < -0.4 is 22.5 Å². The van der Waals surface area contributed by atoms with Gasteiger partial charge in [0.05, 0.1) is 5.56 Å². The molecule has 130 valence electrons. The molecule has 2 aromatic rings. The second-order valence-corrected chi connectivity index (χ2v) is 4.74. The molecule has 0 aliphatic heterocycles. The Morgan fingerprint density at radius 3 is 1.76 bits per heavy atom. The van der Waals surface area contributed by atoms with Gasteiger partial charge in [-0.2, -0.15) is 0 Å². The van der Waals surface area contributed by atoms with Gasteiger partial charge in [-0.1, -0.05) is 18.2 Å². The standard InChI is InChI=1S/C8H9N3O2.C8H9N3O/c9-8(10)11-6-3-1-5(2-4-6)7(12)13;9-7(10)5-3-1-2-4-6(5)8(11)12/h1-4H,(H,12,13)(H4,9,10,11);1-4H,(H3,9,10)(H2,11,12). The number of carboxylic acid groups (broad SMARTS) is 1. The fraction of sp³-hybridized carbons (Fsp3) is 0. The number of guanidine groups is 1. The number of amidine groups is 1. The van der Waals surface area contributed by atoms with E-state index in [-0.39, 0.29) is 22.9 Å². The number of carbonyl (C=O) groups excluding carboxylic acids is 1. The van der Waals surface area contributed by atoms with E-state index in [1.54, 1.807) is 36.4 Å². The minimum atomic E-state index is -0.977. The van der Waals surface area contributed by atoms with Crippen LogP contribution in [-0.2, 0) is 0 Å². The van der Waals surface area contributed by atoms with Crippen LogP contribution in [-0.4, -0.2) is 28.8 Å². The number of benzene rings is 2. The van der Waals surface area contributed by atoms with Gasteiger partial charge >= 0.3 is 5.97 Å². The number of aromatic carboxylic acids is 1. The number of hydrogen-bond donors (Lipinski definition) is 7. The van der Waals surface area contributed by atoms with E-state index in [1.165, 1.54) is 12.1 Å². The molecule has 0 unspecified atom stereocenters. The van der Waals surface area contributed by atoms with Crippen LogP contribution in [0.3, 0.4) is 0 Å². The van der Waals surface area contributed by atoms with Gasteiger partial charge in [-0.3, -0.25) is 15.6 Å². The van der Waals surface area contributed by atoms with Crippen LogP contribution in [0, 0.1) is 10.8 Å². The molecule has 0 saturated carbocycles. The first-order valence-electron chi connectivity index (χ1n) is 6.90. The van der Waals surface area contributed by atoms with Crippen LogP contribution in [0.4, 0.5) is 5.69 Å². The Kier molecular flexibility index (Phi) is 6.65. The Balaban J connectivity index is 0.000000251. The Bertz CT molecular complexity index is 769. The molecule has 10 N–H and O–H groups in total. The number of carboxylic acids is 1. The third-order valence-electron chi connectivity index (χ3n) is 2.89. The van der Waals surface area contributed by atoms with Gasteiger partial charge in [0.1, 0.15) is 5.84 Å². The lowest BCUT2D eigenvalue weighted by Crippen LogP contribution is -2.20. The van der Waals surface area contributed by atoms with Crippen molar-refractivity contribution in [2.45, 2.75) is 0 Å². The second kappa shape index (κ2) is 8.67. The normalized spacial score (nSPS) is 9.28. The fourth-order valence-corrected chi connectivity index (χ4v) is 1.78. The maximum absolute atomic E-state index is 10.8. The molecule has 0 aromatic heterocycles. The van der Waals surface area contributed by atoms with Crippen molar-refractivity contribution in [3.63, 3.8) is 0 Å². The quantitative estimate of drug-likeness (QED) is 0.316. The topological polar surface area (TPSA) is 192 Å². The Morgan fingerprint density at radius 2 is 1.40 bits per heavy atom. The molecule has 0 aliphatic rings. The lowest BCUT2D eigenvalue weighted by atomic mass is 10.1. The molecule has 0 bridgehead atoms. The van der Waals surface area contributed by atoms with Gasteiger partial charge in [-0.05, 0) is 30.3 Å². The van der Waals surface area contributed by atoms with Crippen molar-refractivity contribution < 1.29 is 14.7 Å². The van der Waals surface area contributed by atoms with Gasteiger partial charge in [0.2, 0.25) is 5.91 Å². The first-order valence-corrected chi connectivity index (χ1v) is 6.90. The summed E-state index contributed by atoms with van der Waals surface area (Å²) in [5, 5.41) is 25.2. The molecule has 0 aliphatic carbocycles. The van der Waals surface area contributed by atoms with Crippen molar-refractivity contribution in [1.29, 1.82) is 10.8 Å². The number of primary amides is 1. The summed E-state index contributed by atoms with van der Waals surface area (Å²) in [5.41, 5.74) is 16.8. The van der Waals surface area contributed by atoms with Gasteiger partial charge < -0.3 is 27.6 Å². The number of nitrogen functional groups attached to an aromatic ring is 1. The van der Waals surface area contributed by atoms with Crippen LogP contribution in [0.5, 0.6) is 0 Å². The molecule has 0 fully saturated rings. The molecule has 0 radical (unpaired) electrons. The van der Waals surface area contributed by atoms with Gasteiger partial charge in [-0.25, -0.2) is 4.79 Å². The zero-order valence-electron chi connectivity index (χ0n) is 13.1. The lowest BCUT2D eigenvalue weighted by Gasteiger charge is -2.02. The first-order chi connectivity index (χ1) is 11.7. The summed E-state index contributed by atoms with van der Waals surface area (Å²) in [5.74, 6) is -1.87. The van der Waals surface area contributed by atoms with E-state index in [4.69, 9.17) is 33.1 Å². The van der Waals surface area contributed by atoms with Crippen LogP contribution >= 0.6 is 0 Å². The monoisotopic (exact) mass is 342 g/mol. The molecule has 0 spiro atoms. The Morgan fingerprint density at radius 1 is 0.880 bits per heavy atom. The maximum Gasteiger partial charge on any atom is 0.335 e. The van der Waals surface area contributed by atoms with E-state index >= 15 is 0 Å². The third-order valence-corrected chi connectivity index (χ3v) is 2.89. The summed E-state index contributed by atoms with van der Waals surface area (Å²) in [4.78, 5) is 21.2. The highest BCUT2D eigenvalue weighted by Gasteiger charge is 2.08. The highest BCUT2D eigenvalue weighted by molar-refractivity contribution is 6.07. The molecule has 2 aromatic carbocycles. The molecule has 0 atom stereocenters. The molecule has 25 heavy (non-hydrogen) atoms. The first kappa shape index (κ1) is 19.2. The number of amides is 1.